The van der Waals surface area contributed by atoms with Gasteiger partial charge in [0.15, 0.2) is 11.8 Å². The number of nitrogens with one attached hydrogen (secondary N) is 2. The molecule has 352 valence electrons. The van der Waals surface area contributed by atoms with E-state index in [1.165, 1.54) is 4.90 Å². The fraction of sp³-hybridized carbons (Fsp3) is 0.651. The fourth-order valence-corrected chi connectivity index (χ4v) is 8.02. The van der Waals surface area contributed by atoms with Crippen molar-refractivity contribution in [1.29, 1.82) is 0 Å². The molecule has 1 saturated heterocycles. The van der Waals surface area contributed by atoms with Crippen molar-refractivity contribution in [2.75, 3.05) is 19.6 Å². The van der Waals surface area contributed by atoms with Crippen molar-refractivity contribution in [2.24, 2.45) is 11.8 Å². The molecule has 2 aromatic rings. The molecule has 1 aromatic carbocycles. The number of aromatic nitrogens is 1. The molecule has 4 unspecified atom stereocenters. The number of likely N-dealkylation sites (tertiary alicyclic amines) is 1. The molecule has 0 radical (unpaired) electrons. The first-order chi connectivity index (χ1) is 29.4. The zero-order valence-corrected chi connectivity index (χ0v) is 38.4. The lowest BCUT2D eigenvalue weighted by Gasteiger charge is -2.41. The average molecular weight is 918 g/mol. The molecule has 3 rings (SSSR count). The second kappa shape index (κ2) is 22.7. The molecule has 14 nitrogen and oxygen atoms in total. The minimum Gasteiger partial charge on any atom is -0.455 e. The number of thiazole rings is 1. The van der Waals surface area contributed by atoms with Crippen LogP contribution >= 0.6 is 11.3 Å². The standard InChI is InChI=1S/C43H60F5N5O9S/c1-11-13-14-15-18-52(38(56)35(24(5)12-2)51-40(58)43(10)17-16-19-53(43)29(55)21-49-41(59)62-42(7,8)9)27(23(3)4)20-28(60-25(6)54)37-50-26(22-63-37)39(57)61-36-33(47)31(45)30(44)32(46)34(36)48/h22-24,27-28,35H,11-21H2,1-10H3,(H,49,59)(H,51,58)/t24?,27?,28?,35?,43-/m1/s1. The van der Waals surface area contributed by atoms with E-state index in [0.29, 0.717) is 25.7 Å². The summed E-state index contributed by atoms with van der Waals surface area (Å²) in [6, 6.07) is -1.75. The molecule has 1 fully saturated rings. The number of carbonyl (C=O) groups excluding carboxylic acids is 6. The Labute approximate surface area is 369 Å². The number of hydrogen-bond acceptors (Lipinski definition) is 11. The quantitative estimate of drug-likeness (QED) is 0.0332. The maximum atomic E-state index is 15.0. The Bertz CT molecular complexity index is 1950. The SMILES string of the molecule is CCCCCCN(C(=O)C(NC(=O)[C@@]1(C)CCCN1C(=O)CNC(=O)OC(C)(C)C)C(C)CC)C(CC(OC(C)=O)c1nc(C(=O)Oc2c(F)c(F)c(F)c(F)c2F)cs1)C(C)C. The summed E-state index contributed by atoms with van der Waals surface area (Å²) in [7, 11) is 0. The van der Waals surface area contributed by atoms with Crippen LogP contribution in [0.25, 0.3) is 0 Å². The molecule has 5 atom stereocenters. The van der Waals surface area contributed by atoms with Crippen molar-refractivity contribution in [3.63, 3.8) is 0 Å². The summed E-state index contributed by atoms with van der Waals surface area (Å²) < 4.78 is 85.3. The van der Waals surface area contributed by atoms with Gasteiger partial charge in [-0.2, -0.15) is 8.78 Å². The Morgan fingerprint density at radius 2 is 1.57 bits per heavy atom. The Morgan fingerprint density at radius 1 is 0.952 bits per heavy atom. The van der Waals surface area contributed by atoms with E-state index >= 15 is 0 Å². The van der Waals surface area contributed by atoms with Gasteiger partial charge in [-0.15, -0.1) is 11.3 Å². The highest BCUT2D eigenvalue weighted by molar-refractivity contribution is 7.09. The van der Waals surface area contributed by atoms with Gasteiger partial charge in [0.2, 0.25) is 52.6 Å². The van der Waals surface area contributed by atoms with E-state index in [4.69, 9.17) is 9.47 Å². The smallest absolute Gasteiger partial charge is 0.408 e. The summed E-state index contributed by atoms with van der Waals surface area (Å²) in [4.78, 5) is 87.6. The Morgan fingerprint density at radius 3 is 2.13 bits per heavy atom. The number of carbonyl (C=O) groups is 6. The van der Waals surface area contributed by atoms with Crippen LogP contribution in [0.3, 0.4) is 0 Å². The van der Waals surface area contributed by atoms with Crippen LogP contribution in [0.2, 0.25) is 0 Å². The molecule has 1 aliphatic heterocycles. The van der Waals surface area contributed by atoms with Crippen LogP contribution in [0.4, 0.5) is 26.7 Å². The van der Waals surface area contributed by atoms with E-state index in [1.54, 1.807) is 32.6 Å². The number of hydrogen-bond donors (Lipinski definition) is 2. The lowest BCUT2D eigenvalue weighted by atomic mass is 9.90. The first kappa shape index (κ1) is 52.5. The van der Waals surface area contributed by atoms with Gasteiger partial charge in [-0.1, -0.05) is 60.3 Å². The van der Waals surface area contributed by atoms with E-state index in [2.05, 4.69) is 20.4 Å². The minimum atomic E-state index is -2.44. The van der Waals surface area contributed by atoms with E-state index in [9.17, 15) is 50.7 Å². The fourth-order valence-electron chi connectivity index (χ4n) is 7.19. The molecule has 20 heteroatoms. The van der Waals surface area contributed by atoms with Gasteiger partial charge in [-0.3, -0.25) is 19.2 Å². The molecule has 0 saturated carbocycles. The zero-order valence-electron chi connectivity index (χ0n) is 37.6. The highest BCUT2D eigenvalue weighted by Crippen LogP contribution is 2.35. The Kier molecular flexibility index (Phi) is 18.9. The third-order valence-corrected chi connectivity index (χ3v) is 11.8. The Hall–Kier alpha value is -4.88. The number of ether oxygens (including phenoxy) is 3. The molecule has 0 bridgehead atoms. The third kappa shape index (κ3) is 13.6. The lowest BCUT2D eigenvalue weighted by Crippen LogP contribution is -2.62. The van der Waals surface area contributed by atoms with Gasteiger partial charge in [0.05, 0.1) is 0 Å². The van der Waals surface area contributed by atoms with Gasteiger partial charge in [0, 0.05) is 37.9 Å². The topological polar surface area (TPSA) is 174 Å². The number of halogens is 5. The normalized spacial score (nSPS) is 17.1. The molecule has 4 amide bonds. The van der Waals surface area contributed by atoms with E-state index in [-0.39, 0.29) is 30.4 Å². The maximum Gasteiger partial charge on any atom is 0.408 e. The number of amides is 4. The highest BCUT2D eigenvalue weighted by atomic mass is 32.1. The summed E-state index contributed by atoms with van der Waals surface area (Å²) >= 11 is 0.793. The predicted molar refractivity (Wildman–Crippen MR) is 222 cm³/mol. The number of unbranched alkanes of at least 4 members (excludes halogenated alkanes) is 3. The summed E-state index contributed by atoms with van der Waals surface area (Å²) in [5.74, 6) is -18.1. The van der Waals surface area contributed by atoms with Crippen LogP contribution < -0.4 is 15.4 Å². The first-order valence-corrected chi connectivity index (χ1v) is 22.0. The number of nitrogens with zero attached hydrogens (tertiary/aromatic N) is 3. The number of benzene rings is 1. The monoisotopic (exact) mass is 917 g/mol. The van der Waals surface area contributed by atoms with Crippen LogP contribution in [0.5, 0.6) is 5.75 Å². The van der Waals surface area contributed by atoms with E-state index in [0.717, 1.165) is 42.9 Å². The van der Waals surface area contributed by atoms with E-state index < -0.39 is 118 Å². The summed E-state index contributed by atoms with van der Waals surface area (Å²) in [5.41, 5.74) is -2.74. The maximum absolute atomic E-state index is 15.0. The molecule has 0 spiro atoms. The van der Waals surface area contributed by atoms with Gasteiger partial charge in [0.1, 0.15) is 28.7 Å². The molecular formula is C43H60F5N5O9S. The van der Waals surface area contributed by atoms with Crippen LogP contribution in [0, 0.1) is 40.9 Å². The number of rotatable bonds is 20. The molecule has 2 N–H and O–H groups in total. The second-order valence-corrected chi connectivity index (χ2v) is 18.1. The van der Waals surface area contributed by atoms with Gasteiger partial charge in [-0.05, 0) is 58.8 Å². The number of alkyl carbamates (subject to hydrolysis) is 1. The summed E-state index contributed by atoms with van der Waals surface area (Å²) in [6.07, 6.45) is 2.34. The van der Waals surface area contributed by atoms with Gasteiger partial charge >= 0.3 is 18.0 Å². The summed E-state index contributed by atoms with van der Waals surface area (Å²) in [6.45, 7) is 17.3. The predicted octanol–water partition coefficient (Wildman–Crippen LogP) is 7.92. The second-order valence-electron chi connectivity index (χ2n) is 17.2. The average Bonchev–Trinajstić information content (AvgIpc) is 3.88. The van der Waals surface area contributed by atoms with Crippen LogP contribution in [0.15, 0.2) is 5.38 Å². The highest BCUT2D eigenvalue weighted by Gasteiger charge is 2.48. The van der Waals surface area contributed by atoms with Crippen LogP contribution in [-0.4, -0.2) is 93.4 Å². The Balaban J connectivity index is 1.96. The molecule has 2 heterocycles. The van der Waals surface area contributed by atoms with Crippen molar-refractivity contribution in [1.82, 2.24) is 25.4 Å². The molecule has 63 heavy (non-hydrogen) atoms. The molecule has 1 aliphatic rings. The molecule has 1 aromatic heterocycles. The largest absolute Gasteiger partial charge is 0.455 e. The van der Waals surface area contributed by atoms with Crippen molar-refractivity contribution < 1.29 is 64.9 Å². The van der Waals surface area contributed by atoms with E-state index in [1.807, 2.05) is 34.6 Å². The lowest BCUT2D eigenvalue weighted by molar-refractivity contribution is -0.150. The zero-order chi connectivity index (χ0) is 47.6. The third-order valence-electron chi connectivity index (χ3n) is 10.8. The van der Waals surface area contributed by atoms with Gasteiger partial charge < -0.3 is 34.6 Å². The van der Waals surface area contributed by atoms with Crippen molar-refractivity contribution in [3.05, 3.63) is 45.2 Å². The number of esters is 2. The molecule has 0 aliphatic carbocycles. The van der Waals surface area contributed by atoms with Crippen LogP contribution in [0.1, 0.15) is 142 Å². The minimum absolute atomic E-state index is 0.00504. The van der Waals surface area contributed by atoms with Crippen molar-refractivity contribution >= 4 is 47.1 Å². The first-order valence-electron chi connectivity index (χ1n) is 21.1. The summed E-state index contributed by atoms with van der Waals surface area (Å²) in [5, 5.41) is 6.52. The van der Waals surface area contributed by atoms with Crippen molar-refractivity contribution in [3.8, 4) is 5.75 Å². The molecular weight excluding hydrogens is 858 g/mol. The van der Waals surface area contributed by atoms with Gasteiger partial charge in [0.25, 0.3) is 0 Å². The van der Waals surface area contributed by atoms with Crippen molar-refractivity contribution in [2.45, 2.75) is 150 Å². The van der Waals surface area contributed by atoms with Crippen LogP contribution in [-0.2, 0) is 28.7 Å². The van der Waals surface area contributed by atoms with Gasteiger partial charge in [-0.25, -0.2) is 27.7 Å².